The van der Waals surface area contributed by atoms with Crippen molar-refractivity contribution in [3.05, 3.63) is 0 Å². The Labute approximate surface area is 100.0 Å². The van der Waals surface area contributed by atoms with Crippen molar-refractivity contribution in [1.82, 2.24) is 5.06 Å². The van der Waals surface area contributed by atoms with E-state index in [4.69, 9.17) is 21.1 Å². The Kier molecular flexibility index (Phi) is 6.88. The average Bonchev–Trinajstić information content (AvgIpc) is 2.21. The van der Waals surface area contributed by atoms with E-state index >= 15 is 0 Å². The number of carboxylic acid groups (broad SMARTS) is 1. The maximum Gasteiger partial charge on any atom is 0.329 e. The van der Waals surface area contributed by atoms with E-state index in [9.17, 15) is 9.59 Å². The molecule has 0 aliphatic heterocycles. The SMILES string of the molecule is CC(=N)N(CCCC[C@H](N)C(=O)O)OC(C)=O. The van der Waals surface area contributed by atoms with Crippen LogP contribution >= 0.6 is 0 Å². The van der Waals surface area contributed by atoms with Gasteiger partial charge in [0.1, 0.15) is 11.9 Å². The zero-order valence-electron chi connectivity index (χ0n) is 10.1. The zero-order valence-corrected chi connectivity index (χ0v) is 10.1. The van der Waals surface area contributed by atoms with Gasteiger partial charge in [0.25, 0.3) is 0 Å². The normalized spacial score (nSPS) is 11.7. The minimum Gasteiger partial charge on any atom is -0.480 e. The van der Waals surface area contributed by atoms with Crippen molar-refractivity contribution in [2.45, 2.75) is 39.2 Å². The Morgan fingerprint density at radius 3 is 2.41 bits per heavy atom. The number of hydroxylamine groups is 2. The second-order valence-electron chi connectivity index (χ2n) is 3.71. The van der Waals surface area contributed by atoms with E-state index in [1.54, 1.807) is 0 Å². The van der Waals surface area contributed by atoms with Gasteiger partial charge in [-0.3, -0.25) is 15.0 Å². The minimum atomic E-state index is -1.02. The highest BCUT2D eigenvalue weighted by Crippen LogP contribution is 2.03. The van der Waals surface area contributed by atoms with Crippen LogP contribution in [0.1, 0.15) is 33.1 Å². The summed E-state index contributed by atoms with van der Waals surface area (Å²) in [5.74, 6) is -1.38. The molecule has 0 bridgehead atoms. The Bertz CT molecular complexity index is 293. The number of nitrogens with two attached hydrogens (primary N) is 1. The number of carbonyl (C=O) groups excluding carboxylic acids is 1. The van der Waals surface area contributed by atoms with Crippen LogP contribution in [0.15, 0.2) is 0 Å². The summed E-state index contributed by atoms with van der Waals surface area (Å²) in [5.41, 5.74) is 5.33. The van der Waals surface area contributed by atoms with E-state index in [1.807, 2.05) is 0 Å². The summed E-state index contributed by atoms with van der Waals surface area (Å²) in [6.07, 6.45) is 1.56. The molecule has 0 rings (SSSR count). The van der Waals surface area contributed by atoms with Gasteiger partial charge in [-0.15, -0.1) is 0 Å². The average molecular weight is 245 g/mol. The van der Waals surface area contributed by atoms with Gasteiger partial charge < -0.3 is 15.7 Å². The fourth-order valence-corrected chi connectivity index (χ4v) is 1.18. The second kappa shape index (κ2) is 7.61. The van der Waals surface area contributed by atoms with Crippen LogP contribution in [0.4, 0.5) is 0 Å². The number of amidine groups is 1. The van der Waals surface area contributed by atoms with Crippen LogP contribution in [0, 0.1) is 5.41 Å². The lowest BCUT2D eigenvalue weighted by atomic mass is 10.1. The summed E-state index contributed by atoms with van der Waals surface area (Å²) >= 11 is 0. The maximum atomic E-state index is 10.7. The number of unbranched alkanes of at least 4 members (excludes halogenated alkanes) is 1. The molecule has 0 aromatic rings. The van der Waals surface area contributed by atoms with Gasteiger partial charge in [-0.25, -0.2) is 0 Å². The first-order chi connectivity index (χ1) is 7.84. The van der Waals surface area contributed by atoms with Crippen molar-refractivity contribution >= 4 is 17.8 Å². The molecule has 0 spiro atoms. The first-order valence-corrected chi connectivity index (χ1v) is 5.34. The van der Waals surface area contributed by atoms with Crippen LogP contribution in [0.25, 0.3) is 0 Å². The smallest absolute Gasteiger partial charge is 0.329 e. The fourth-order valence-electron chi connectivity index (χ4n) is 1.18. The quantitative estimate of drug-likeness (QED) is 0.269. The molecular formula is C10H19N3O4. The number of carbonyl (C=O) groups is 2. The predicted octanol–water partition coefficient (Wildman–Crippen LogP) is 0.346. The number of aliphatic carboxylic acids is 1. The monoisotopic (exact) mass is 245 g/mol. The third-order valence-electron chi connectivity index (χ3n) is 2.06. The van der Waals surface area contributed by atoms with Gasteiger partial charge in [0.2, 0.25) is 0 Å². The van der Waals surface area contributed by atoms with Crippen LogP contribution in [-0.2, 0) is 14.4 Å². The molecule has 0 radical (unpaired) electrons. The molecule has 98 valence electrons. The number of carboxylic acids is 1. The molecule has 0 aromatic heterocycles. The molecule has 4 N–H and O–H groups in total. The van der Waals surface area contributed by atoms with Crippen LogP contribution in [0.2, 0.25) is 0 Å². The van der Waals surface area contributed by atoms with Crippen LogP contribution in [-0.4, -0.2) is 40.5 Å². The maximum absolute atomic E-state index is 10.7. The van der Waals surface area contributed by atoms with Crippen molar-refractivity contribution in [3.8, 4) is 0 Å². The van der Waals surface area contributed by atoms with E-state index in [1.165, 1.54) is 18.9 Å². The first kappa shape index (κ1) is 15.4. The summed E-state index contributed by atoms with van der Waals surface area (Å²) in [5, 5.41) is 17.1. The van der Waals surface area contributed by atoms with E-state index < -0.39 is 18.0 Å². The van der Waals surface area contributed by atoms with Crippen molar-refractivity contribution in [2.24, 2.45) is 5.73 Å². The Hall–Kier alpha value is -1.63. The number of hydrogen-bond donors (Lipinski definition) is 3. The highest BCUT2D eigenvalue weighted by atomic mass is 16.7. The first-order valence-electron chi connectivity index (χ1n) is 5.34. The zero-order chi connectivity index (χ0) is 13.4. The van der Waals surface area contributed by atoms with Gasteiger partial charge >= 0.3 is 11.9 Å². The molecule has 0 fully saturated rings. The Balaban J connectivity index is 3.87. The lowest BCUT2D eigenvalue weighted by Crippen LogP contribution is -2.32. The molecule has 7 nitrogen and oxygen atoms in total. The summed E-state index contributed by atoms with van der Waals surface area (Å²) < 4.78 is 0. The van der Waals surface area contributed by atoms with Gasteiger partial charge in [0.15, 0.2) is 0 Å². The van der Waals surface area contributed by atoms with Gasteiger partial charge in [0.05, 0.1) is 6.54 Å². The van der Waals surface area contributed by atoms with E-state index in [0.29, 0.717) is 25.8 Å². The fraction of sp³-hybridized carbons (Fsp3) is 0.700. The Morgan fingerprint density at radius 2 is 2.00 bits per heavy atom. The molecular weight excluding hydrogens is 226 g/mol. The van der Waals surface area contributed by atoms with Crippen LogP contribution < -0.4 is 5.73 Å². The van der Waals surface area contributed by atoms with Crippen LogP contribution in [0.5, 0.6) is 0 Å². The predicted molar refractivity (Wildman–Crippen MR) is 61.3 cm³/mol. The number of nitrogens with zero attached hydrogens (tertiary/aromatic N) is 1. The second-order valence-corrected chi connectivity index (χ2v) is 3.71. The number of nitrogens with one attached hydrogen (secondary N) is 1. The molecule has 0 saturated carbocycles. The van der Waals surface area contributed by atoms with Crippen molar-refractivity contribution in [1.29, 1.82) is 5.41 Å². The summed E-state index contributed by atoms with van der Waals surface area (Å²) in [7, 11) is 0. The molecule has 7 heteroatoms. The molecule has 0 unspecified atom stereocenters. The summed E-state index contributed by atoms with van der Waals surface area (Å²) in [4.78, 5) is 26.0. The third kappa shape index (κ3) is 7.29. The van der Waals surface area contributed by atoms with Crippen molar-refractivity contribution in [2.75, 3.05) is 6.54 Å². The molecule has 1 atom stereocenters. The topological polar surface area (TPSA) is 117 Å². The molecule has 17 heavy (non-hydrogen) atoms. The summed E-state index contributed by atoms with van der Waals surface area (Å²) in [6, 6.07) is -0.863. The third-order valence-corrected chi connectivity index (χ3v) is 2.06. The molecule has 0 amide bonds. The van der Waals surface area contributed by atoms with Gasteiger partial charge in [-0.2, -0.15) is 5.06 Å². The molecule has 0 heterocycles. The van der Waals surface area contributed by atoms with Crippen LogP contribution in [0.3, 0.4) is 0 Å². The highest BCUT2D eigenvalue weighted by molar-refractivity contribution is 5.77. The van der Waals surface area contributed by atoms with Gasteiger partial charge in [0, 0.05) is 6.92 Å². The highest BCUT2D eigenvalue weighted by Gasteiger charge is 2.12. The van der Waals surface area contributed by atoms with E-state index in [0.717, 1.165) is 0 Å². The standard InChI is InChI=1S/C10H19N3O4/c1-7(11)13(17-8(2)14)6-4-3-5-9(12)10(15)16/h9,11H,3-6,12H2,1-2H3,(H,15,16)/t9-/m0/s1. The van der Waals surface area contributed by atoms with Gasteiger partial charge in [-0.05, 0) is 26.2 Å². The number of rotatable bonds is 6. The molecule has 0 aliphatic rings. The minimum absolute atomic E-state index is 0.128. The number of hydrogen-bond acceptors (Lipinski definition) is 5. The Morgan fingerprint density at radius 1 is 1.41 bits per heavy atom. The van der Waals surface area contributed by atoms with Crippen molar-refractivity contribution < 1.29 is 19.5 Å². The molecule has 0 aromatic carbocycles. The van der Waals surface area contributed by atoms with Gasteiger partial charge in [-0.1, -0.05) is 0 Å². The molecule has 0 aliphatic carbocycles. The summed E-state index contributed by atoms with van der Waals surface area (Å²) in [6.45, 7) is 3.13. The lowest BCUT2D eigenvalue weighted by Gasteiger charge is -2.20. The van der Waals surface area contributed by atoms with E-state index in [2.05, 4.69) is 0 Å². The lowest BCUT2D eigenvalue weighted by molar-refractivity contribution is -0.170. The van der Waals surface area contributed by atoms with E-state index in [-0.39, 0.29) is 5.84 Å². The molecule has 0 saturated heterocycles. The largest absolute Gasteiger partial charge is 0.480 e. The van der Waals surface area contributed by atoms with Crippen molar-refractivity contribution in [3.63, 3.8) is 0 Å².